The normalized spacial score (nSPS) is 15.3. The highest BCUT2D eigenvalue weighted by atomic mass is 32.2. The highest BCUT2D eigenvalue weighted by molar-refractivity contribution is 7.89. The molecule has 1 aromatic rings. The number of aryl methyl sites for hydroxylation is 1. The lowest BCUT2D eigenvalue weighted by Gasteiger charge is -2.26. The number of hydrogen-bond acceptors (Lipinski definition) is 3. The Morgan fingerprint density at radius 3 is 2.70 bits per heavy atom. The fourth-order valence-corrected chi connectivity index (χ4v) is 4.33. The van der Waals surface area contributed by atoms with Crippen molar-refractivity contribution in [2.24, 2.45) is 5.92 Å². The minimum atomic E-state index is -3.40. The molecular formula is C15H24N2O2S. The zero-order chi connectivity index (χ0) is 14.9. The van der Waals surface area contributed by atoms with E-state index in [1.807, 2.05) is 26.8 Å². The zero-order valence-electron chi connectivity index (χ0n) is 12.7. The lowest BCUT2D eigenvalue weighted by atomic mass is 10.00. The van der Waals surface area contributed by atoms with Crippen LogP contribution in [0.5, 0.6) is 0 Å². The van der Waals surface area contributed by atoms with Gasteiger partial charge >= 0.3 is 0 Å². The van der Waals surface area contributed by atoms with Crippen LogP contribution in [0.15, 0.2) is 17.0 Å². The molecular weight excluding hydrogens is 272 g/mol. The minimum absolute atomic E-state index is 0.314. The van der Waals surface area contributed by atoms with Crippen LogP contribution in [0.2, 0.25) is 0 Å². The summed E-state index contributed by atoms with van der Waals surface area (Å²) in [4.78, 5) is 0.466. The van der Waals surface area contributed by atoms with Gasteiger partial charge in [-0.2, -0.15) is 0 Å². The predicted molar refractivity (Wildman–Crippen MR) is 82.6 cm³/mol. The molecule has 0 bridgehead atoms. The topological polar surface area (TPSA) is 49.4 Å². The second-order valence-corrected chi connectivity index (χ2v) is 7.96. The van der Waals surface area contributed by atoms with Crippen LogP contribution >= 0.6 is 0 Å². The lowest BCUT2D eigenvalue weighted by Crippen LogP contribution is -2.31. The molecule has 1 aliphatic heterocycles. The average Bonchev–Trinajstić information content (AvgIpc) is 2.38. The first-order chi connectivity index (χ1) is 9.34. The van der Waals surface area contributed by atoms with Gasteiger partial charge in [-0.3, -0.25) is 0 Å². The summed E-state index contributed by atoms with van der Waals surface area (Å²) in [5.74, 6) is 0.314. The van der Waals surface area contributed by atoms with Crippen LogP contribution in [0.1, 0.15) is 31.4 Å². The molecule has 1 heterocycles. The lowest BCUT2D eigenvalue weighted by molar-refractivity contribution is 0.416. The molecule has 0 fully saturated rings. The molecule has 4 nitrogen and oxygen atoms in total. The van der Waals surface area contributed by atoms with Crippen molar-refractivity contribution in [3.8, 4) is 0 Å². The van der Waals surface area contributed by atoms with Gasteiger partial charge < -0.3 is 5.32 Å². The fraction of sp³-hybridized carbons (Fsp3) is 0.600. The standard InChI is InChI=1S/C15H24N2O2S/c1-11(2)10-17(4)20(18,19)14-8-7-12(3)15-13(14)6-5-9-16-15/h7-8,11,16H,5-6,9-10H2,1-4H3. The minimum Gasteiger partial charge on any atom is -0.385 e. The van der Waals surface area contributed by atoms with Crippen molar-refractivity contribution >= 4 is 15.7 Å². The molecule has 0 amide bonds. The van der Waals surface area contributed by atoms with Crippen LogP contribution in [0.3, 0.4) is 0 Å². The van der Waals surface area contributed by atoms with Crippen molar-refractivity contribution in [3.63, 3.8) is 0 Å². The maximum atomic E-state index is 12.7. The molecule has 0 spiro atoms. The van der Waals surface area contributed by atoms with E-state index in [4.69, 9.17) is 0 Å². The third-order valence-corrected chi connectivity index (χ3v) is 5.60. The molecule has 112 valence electrons. The third-order valence-electron chi connectivity index (χ3n) is 3.69. The Hall–Kier alpha value is -1.07. The van der Waals surface area contributed by atoms with Gasteiger partial charge in [-0.05, 0) is 42.9 Å². The molecule has 0 aromatic heterocycles. The van der Waals surface area contributed by atoms with Crippen LogP contribution in [0.4, 0.5) is 5.69 Å². The average molecular weight is 296 g/mol. The first-order valence-electron chi connectivity index (χ1n) is 7.16. The number of rotatable bonds is 4. The largest absolute Gasteiger partial charge is 0.385 e. The number of hydrogen-bond donors (Lipinski definition) is 1. The van der Waals surface area contributed by atoms with E-state index >= 15 is 0 Å². The molecule has 1 aliphatic rings. The van der Waals surface area contributed by atoms with Crippen molar-refractivity contribution in [2.45, 2.75) is 38.5 Å². The zero-order valence-corrected chi connectivity index (χ0v) is 13.5. The van der Waals surface area contributed by atoms with Crippen LogP contribution in [-0.2, 0) is 16.4 Å². The van der Waals surface area contributed by atoms with Crippen molar-refractivity contribution in [3.05, 3.63) is 23.3 Å². The monoisotopic (exact) mass is 296 g/mol. The van der Waals surface area contributed by atoms with Gasteiger partial charge in [0.15, 0.2) is 0 Å². The summed E-state index contributed by atoms with van der Waals surface area (Å²) in [6.07, 6.45) is 1.81. The highest BCUT2D eigenvalue weighted by Crippen LogP contribution is 2.32. The van der Waals surface area contributed by atoms with E-state index in [9.17, 15) is 8.42 Å². The van der Waals surface area contributed by atoms with Gasteiger partial charge in [-0.25, -0.2) is 12.7 Å². The Kier molecular flexibility index (Phi) is 4.39. The van der Waals surface area contributed by atoms with E-state index in [-0.39, 0.29) is 0 Å². The summed E-state index contributed by atoms with van der Waals surface area (Å²) < 4.78 is 27.0. The fourth-order valence-electron chi connectivity index (χ4n) is 2.74. The maximum absolute atomic E-state index is 12.7. The van der Waals surface area contributed by atoms with Gasteiger partial charge in [0.25, 0.3) is 0 Å². The van der Waals surface area contributed by atoms with Crippen LogP contribution in [-0.4, -0.2) is 32.9 Å². The Morgan fingerprint density at radius 1 is 1.35 bits per heavy atom. The summed E-state index contributed by atoms with van der Waals surface area (Å²) in [6.45, 7) is 7.53. The van der Waals surface area contributed by atoms with E-state index in [2.05, 4.69) is 5.32 Å². The molecule has 1 N–H and O–H groups in total. The molecule has 2 rings (SSSR count). The van der Waals surface area contributed by atoms with Gasteiger partial charge in [0.1, 0.15) is 0 Å². The molecule has 1 aromatic carbocycles. The van der Waals surface area contributed by atoms with Gasteiger partial charge in [0.05, 0.1) is 4.90 Å². The number of nitrogens with zero attached hydrogens (tertiary/aromatic N) is 1. The molecule has 0 radical (unpaired) electrons. The SMILES string of the molecule is Cc1ccc(S(=O)(=O)N(C)CC(C)C)c2c1NCCC2. The van der Waals surface area contributed by atoms with Crippen LogP contribution in [0.25, 0.3) is 0 Å². The second-order valence-electron chi connectivity index (χ2n) is 5.94. The van der Waals surface area contributed by atoms with Gasteiger partial charge in [-0.15, -0.1) is 0 Å². The molecule has 20 heavy (non-hydrogen) atoms. The van der Waals surface area contributed by atoms with Gasteiger partial charge in [0.2, 0.25) is 10.0 Å². The number of benzene rings is 1. The molecule has 5 heteroatoms. The first kappa shape index (κ1) is 15.3. The summed E-state index contributed by atoms with van der Waals surface area (Å²) in [6, 6.07) is 3.65. The van der Waals surface area contributed by atoms with E-state index in [0.717, 1.165) is 36.2 Å². The Bertz CT molecular complexity index is 594. The van der Waals surface area contributed by atoms with E-state index in [0.29, 0.717) is 17.4 Å². The number of sulfonamides is 1. The van der Waals surface area contributed by atoms with Crippen molar-refractivity contribution in [1.82, 2.24) is 4.31 Å². The Morgan fingerprint density at radius 2 is 2.05 bits per heavy atom. The number of fused-ring (bicyclic) bond motifs is 1. The predicted octanol–water partition coefficient (Wildman–Crippen LogP) is 2.63. The maximum Gasteiger partial charge on any atom is 0.243 e. The molecule has 0 saturated heterocycles. The quantitative estimate of drug-likeness (QED) is 0.929. The first-order valence-corrected chi connectivity index (χ1v) is 8.60. The van der Waals surface area contributed by atoms with Crippen molar-refractivity contribution < 1.29 is 8.42 Å². The molecule has 0 atom stereocenters. The van der Waals surface area contributed by atoms with E-state index < -0.39 is 10.0 Å². The van der Waals surface area contributed by atoms with Gasteiger partial charge in [-0.1, -0.05) is 19.9 Å². The molecule has 0 unspecified atom stereocenters. The smallest absolute Gasteiger partial charge is 0.243 e. The molecule has 0 aliphatic carbocycles. The highest BCUT2D eigenvalue weighted by Gasteiger charge is 2.27. The third kappa shape index (κ3) is 2.83. The summed E-state index contributed by atoms with van der Waals surface area (Å²) >= 11 is 0. The number of anilines is 1. The van der Waals surface area contributed by atoms with E-state index in [1.165, 1.54) is 4.31 Å². The Labute approximate surface area is 122 Å². The Balaban J connectivity index is 2.47. The summed E-state index contributed by atoms with van der Waals surface area (Å²) in [5.41, 5.74) is 3.08. The molecule has 0 saturated carbocycles. The summed E-state index contributed by atoms with van der Waals surface area (Å²) in [5, 5.41) is 3.34. The van der Waals surface area contributed by atoms with Crippen LogP contribution in [0, 0.1) is 12.8 Å². The van der Waals surface area contributed by atoms with Crippen LogP contribution < -0.4 is 5.32 Å². The van der Waals surface area contributed by atoms with Crippen molar-refractivity contribution in [2.75, 3.05) is 25.5 Å². The van der Waals surface area contributed by atoms with Crippen molar-refractivity contribution in [1.29, 1.82) is 0 Å². The number of nitrogens with one attached hydrogen (secondary N) is 1. The summed E-state index contributed by atoms with van der Waals surface area (Å²) in [7, 11) is -1.73. The van der Waals surface area contributed by atoms with Gasteiger partial charge in [0, 0.05) is 25.8 Å². The second kappa shape index (κ2) is 5.74. The van der Waals surface area contributed by atoms with E-state index in [1.54, 1.807) is 13.1 Å².